The van der Waals surface area contributed by atoms with Gasteiger partial charge in [-0.3, -0.25) is 4.79 Å². The molecule has 0 aliphatic heterocycles. The summed E-state index contributed by atoms with van der Waals surface area (Å²) in [5.41, 5.74) is 1.47. The fraction of sp³-hybridized carbons (Fsp3) is 0.227. The fourth-order valence-corrected chi connectivity index (χ4v) is 2.31. The Hall–Kier alpha value is -3.01. The Labute approximate surface area is 154 Å². The summed E-state index contributed by atoms with van der Waals surface area (Å²) >= 11 is 0. The highest BCUT2D eigenvalue weighted by atomic mass is 16.5. The highest BCUT2D eigenvalue weighted by Crippen LogP contribution is 2.29. The Kier molecular flexibility index (Phi) is 7.49. The van der Waals surface area contributed by atoms with Gasteiger partial charge in [0.1, 0.15) is 12.4 Å². The van der Waals surface area contributed by atoms with E-state index in [0.717, 1.165) is 5.56 Å². The van der Waals surface area contributed by atoms with Crippen molar-refractivity contribution in [2.75, 3.05) is 19.8 Å². The Balaban J connectivity index is 2.09. The van der Waals surface area contributed by atoms with E-state index in [2.05, 4.69) is 6.58 Å². The minimum atomic E-state index is -0.0767. The van der Waals surface area contributed by atoms with Gasteiger partial charge in [-0.2, -0.15) is 0 Å². The molecule has 2 aromatic carbocycles. The summed E-state index contributed by atoms with van der Waals surface area (Å²) in [6.45, 7) is 9.01. The van der Waals surface area contributed by atoms with Crippen LogP contribution in [0.25, 0.3) is 6.08 Å². The van der Waals surface area contributed by atoms with Crippen molar-refractivity contribution in [3.05, 3.63) is 72.3 Å². The lowest BCUT2D eigenvalue weighted by atomic mass is 10.1. The first-order chi connectivity index (χ1) is 12.7. The summed E-state index contributed by atoms with van der Waals surface area (Å²) in [4.78, 5) is 12.3. The average Bonchev–Trinajstić information content (AvgIpc) is 2.67. The number of ketones is 1. The van der Waals surface area contributed by atoms with E-state index in [4.69, 9.17) is 14.2 Å². The van der Waals surface area contributed by atoms with Crippen LogP contribution in [0.2, 0.25) is 0 Å². The number of hydrogen-bond acceptors (Lipinski definition) is 4. The van der Waals surface area contributed by atoms with Gasteiger partial charge in [0, 0.05) is 5.56 Å². The van der Waals surface area contributed by atoms with E-state index < -0.39 is 0 Å². The summed E-state index contributed by atoms with van der Waals surface area (Å²) in [6.07, 6.45) is 4.99. The van der Waals surface area contributed by atoms with Crippen LogP contribution in [0, 0.1) is 0 Å². The van der Waals surface area contributed by atoms with Crippen molar-refractivity contribution in [2.24, 2.45) is 0 Å². The first-order valence-electron chi connectivity index (χ1n) is 8.63. The smallest absolute Gasteiger partial charge is 0.185 e. The lowest BCUT2D eigenvalue weighted by molar-refractivity contribution is 0.104. The third-order valence-corrected chi connectivity index (χ3v) is 3.50. The fourth-order valence-electron chi connectivity index (χ4n) is 2.31. The lowest BCUT2D eigenvalue weighted by Gasteiger charge is -2.11. The van der Waals surface area contributed by atoms with Crippen molar-refractivity contribution in [1.29, 1.82) is 0 Å². The summed E-state index contributed by atoms with van der Waals surface area (Å²) in [6, 6.07) is 12.6. The zero-order chi connectivity index (χ0) is 18.8. The SMILES string of the molecule is C=CCOc1ccc(C(=O)/C=C/c2ccc(OCC)c(OCC)c2)cc1. The molecule has 2 rings (SSSR count). The monoisotopic (exact) mass is 352 g/mol. The largest absolute Gasteiger partial charge is 0.490 e. The molecular weight excluding hydrogens is 328 g/mol. The van der Waals surface area contributed by atoms with Crippen molar-refractivity contribution in [3.63, 3.8) is 0 Å². The molecule has 0 spiro atoms. The topological polar surface area (TPSA) is 44.8 Å². The molecule has 0 bridgehead atoms. The standard InChI is InChI=1S/C22H24O4/c1-4-15-26-19-11-9-18(10-12-19)20(23)13-7-17-8-14-21(24-5-2)22(16-17)25-6-3/h4,7-14,16H,1,5-6,15H2,2-3H3/b13-7+. The van der Waals surface area contributed by atoms with E-state index >= 15 is 0 Å². The second-order valence-electron chi connectivity index (χ2n) is 5.39. The quantitative estimate of drug-likeness (QED) is 0.345. The zero-order valence-electron chi connectivity index (χ0n) is 15.2. The van der Waals surface area contributed by atoms with Gasteiger partial charge in [-0.1, -0.05) is 24.8 Å². The van der Waals surface area contributed by atoms with Gasteiger partial charge >= 0.3 is 0 Å². The second kappa shape index (κ2) is 10.1. The lowest BCUT2D eigenvalue weighted by Crippen LogP contribution is -1.98. The molecule has 4 nitrogen and oxygen atoms in total. The molecule has 0 saturated heterocycles. The van der Waals surface area contributed by atoms with Crippen molar-refractivity contribution in [1.82, 2.24) is 0 Å². The predicted molar refractivity (Wildman–Crippen MR) is 104 cm³/mol. The molecule has 0 N–H and O–H groups in total. The van der Waals surface area contributed by atoms with Crippen LogP contribution in [0.15, 0.2) is 61.2 Å². The van der Waals surface area contributed by atoms with Crippen molar-refractivity contribution in [3.8, 4) is 17.2 Å². The van der Waals surface area contributed by atoms with Gasteiger partial charge in [-0.25, -0.2) is 0 Å². The van der Waals surface area contributed by atoms with E-state index in [1.54, 1.807) is 42.5 Å². The molecule has 0 heterocycles. The summed E-state index contributed by atoms with van der Waals surface area (Å²) in [5, 5.41) is 0. The number of allylic oxidation sites excluding steroid dienone is 1. The minimum Gasteiger partial charge on any atom is -0.490 e. The van der Waals surface area contributed by atoms with Crippen LogP contribution in [0.1, 0.15) is 29.8 Å². The molecule has 2 aromatic rings. The molecule has 0 amide bonds. The van der Waals surface area contributed by atoms with Crippen molar-refractivity contribution >= 4 is 11.9 Å². The summed E-state index contributed by atoms with van der Waals surface area (Å²) in [7, 11) is 0. The Morgan fingerprint density at radius 3 is 2.31 bits per heavy atom. The second-order valence-corrected chi connectivity index (χ2v) is 5.39. The Morgan fingerprint density at radius 1 is 0.962 bits per heavy atom. The van der Waals surface area contributed by atoms with E-state index in [9.17, 15) is 4.79 Å². The Bertz CT molecular complexity index is 760. The Morgan fingerprint density at radius 2 is 1.65 bits per heavy atom. The molecule has 4 heteroatoms. The van der Waals surface area contributed by atoms with Gasteiger partial charge in [-0.15, -0.1) is 0 Å². The molecule has 0 radical (unpaired) electrons. The van der Waals surface area contributed by atoms with Gasteiger partial charge in [-0.05, 0) is 61.9 Å². The molecule has 0 saturated carbocycles. The van der Waals surface area contributed by atoms with Crippen molar-refractivity contribution in [2.45, 2.75) is 13.8 Å². The average molecular weight is 352 g/mol. The maximum Gasteiger partial charge on any atom is 0.185 e. The van der Waals surface area contributed by atoms with E-state index in [1.165, 1.54) is 0 Å². The van der Waals surface area contributed by atoms with Crippen LogP contribution in [-0.4, -0.2) is 25.6 Å². The summed E-state index contributed by atoms with van der Waals surface area (Å²) < 4.78 is 16.6. The molecule has 0 aliphatic rings. The zero-order valence-corrected chi connectivity index (χ0v) is 15.2. The number of carbonyl (C=O) groups is 1. The first-order valence-corrected chi connectivity index (χ1v) is 8.63. The van der Waals surface area contributed by atoms with E-state index in [0.29, 0.717) is 42.6 Å². The number of carbonyl (C=O) groups excluding carboxylic acids is 1. The molecule has 0 atom stereocenters. The van der Waals surface area contributed by atoms with Crippen LogP contribution in [0.4, 0.5) is 0 Å². The van der Waals surface area contributed by atoms with E-state index in [-0.39, 0.29) is 5.78 Å². The van der Waals surface area contributed by atoms with Gasteiger partial charge < -0.3 is 14.2 Å². The van der Waals surface area contributed by atoms with Crippen molar-refractivity contribution < 1.29 is 19.0 Å². The maximum atomic E-state index is 12.3. The normalized spacial score (nSPS) is 10.5. The number of hydrogen-bond donors (Lipinski definition) is 0. The van der Waals surface area contributed by atoms with Gasteiger partial charge in [0.2, 0.25) is 0 Å². The van der Waals surface area contributed by atoms with Gasteiger partial charge in [0.15, 0.2) is 17.3 Å². The highest BCUT2D eigenvalue weighted by Gasteiger charge is 2.06. The third-order valence-electron chi connectivity index (χ3n) is 3.50. The number of rotatable bonds is 10. The van der Waals surface area contributed by atoms with Gasteiger partial charge in [0.25, 0.3) is 0 Å². The minimum absolute atomic E-state index is 0.0767. The predicted octanol–water partition coefficient (Wildman–Crippen LogP) is 4.94. The number of ether oxygens (including phenoxy) is 3. The van der Waals surface area contributed by atoms with Gasteiger partial charge in [0.05, 0.1) is 13.2 Å². The van der Waals surface area contributed by atoms with Crippen LogP contribution in [0.5, 0.6) is 17.2 Å². The molecule has 26 heavy (non-hydrogen) atoms. The molecule has 0 aromatic heterocycles. The molecule has 0 aliphatic carbocycles. The summed E-state index contributed by atoms with van der Waals surface area (Å²) in [5.74, 6) is 2.01. The molecule has 136 valence electrons. The van der Waals surface area contributed by atoms with E-state index in [1.807, 2.05) is 32.0 Å². The molecular formula is C22H24O4. The highest BCUT2D eigenvalue weighted by molar-refractivity contribution is 6.06. The van der Waals surface area contributed by atoms with Crippen LogP contribution >= 0.6 is 0 Å². The number of benzene rings is 2. The van der Waals surface area contributed by atoms with Crippen LogP contribution < -0.4 is 14.2 Å². The molecule has 0 fully saturated rings. The van der Waals surface area contributed by atoms with Crippen LogP contribution in [-0.2, 0) is 0 Å². The third kappa shape index (κ3) is 5.52. The molecule has 0 unspecified atom stereocenters. The van der Waals surface area contributed by atoms with Crippen LogP contribution in [0.3, 0.4) is 0 Å². The first kappa shape index (κ1) is 19.3. The maximum absolute atomic E-state index is 12.3.